The summed E-state index contributed by atoms with van der Waals surface area (Å²) in [4.78, 5) is 13.4. The van der Waals surface area contributed by atoms with Gasteiger partial charge in [0.2, 0.25) is 5.56 Å². The van der Waals surface area contributed by atoms with Gasteiger partial charge in [0, 0.05) is 22.7 Å². The Morgan fingerprint density at radius 1 is 1.20 bits per heavy atom. The molecule has 1 aromatic heterocycles. The zero-order chi connectivity index (χ0) is 14.9. The third-order valence-corrected chi connectivity index (χ3v) is 2.61. The van der Waals surface area contributed by atoms with Crippen molar-refractivity contribution < 1.29 is 22.0 Å². The normalized spacial score (nSPS) is 12.1. The van der Waals surface area contributed by atoms with Crippen LogP contribution in [0.2, 0.25) is 0 Å². The fourth-order valence-corrected chi connectivity index (χ4v) is 1.79. The van der Waals surface area contributed by atoms with Crippen LogP contribution in [0.15, 0.2) is 29.1 Å². The predicted molar refractivity (Wildman–Crippen MR) is 64.1 cm³/mol. The number of halogens is 5. The van der Waals surface area contributed by atoms with Crippen molar-refractivity contribution in [3.63, 3.8) is 0 Å². The van der Waals surface area contributed by atoms with E-state index in [1.165, 1.54) is 12.1 Å². The molecule has 0 radical (unpaired) electrons. The van der Waals surface area contributed by atoms with Gasteiger partial charge in [-0.25, -0.2) is 8.78 Å². The van der Waals surface area contributed by atoms with Gasteiger partial charge in [0.15, 0.2) is 0 Å². The number of aromatic nitrogens is 1. The smallest absolute Gasteiger partial charge is 0.379 e. The zero-order valence-corrected chi connectivity index (χ0v) is 9.89. The summed E-state index contributed by atoms with van der Waals surface area (Å²) in [6, 6.07) is 4.08. The number of H-pyrrole nitrogens is 1. The van der Waals surface area contributed by atoms with Crippen molar-refractivity contribution in [2.24, 2.45) is 0 Å². The Labute approximate surface area is 109 Å². The maximum absolute atomic E-state index is 12.9. The number of benzene rings is 1. The molecule has 0 aliphatic rings. The molecule has 20 heavy (non-hydrogen) atoms. The first-order chi connectivity index (χ1) is 9.27. The van der Waals surface area contributed by atoms with E-state index in [-0.39, 0.29) is 16.6 Å². The van der Waals surface area contributed by atoms with Crippen LogP contribution in [0.4, 0.5) is 27.6 Å². The number of rotatable bonds is 3. The number of aromatic amines is 1. The van der Waals surface area contributed by atoms with Crippen molar-refractivity contribution in [1.29, 1.82) is 0 Å². The molecule has 0 amide bonds. The van der Waals surface area contributed by atoms with Crippen LogP contribution in [0.1, 0.15) is 5.56 Å². The molecule has 0 fully saturated rings. The Bertz CT molecular complexity index is 678. The molecule has 8 heteroatoms. The van der Waals surface area contributed by atoms with E-state index in [0.717, 1.165) is 6.07 Å². The number of anilines is 1. The van der Waals surface area contributed by atoms with Crippen LogP contribution in [0.3, 0.4) is 0 Å². The first kappa shape index (κ1) is 14.3. The summed E-state index contributed by atoms with van der Waals surface area (Å²) in [5.41, 5.74) is -1.86. The quantitative estimate of drug-likeness (QED) is 0.853. The minimum Gasteiger partial charge on any atom is -0.379 e. The average molecular weight is 292 g/mol. The van der Waals surface area contributed by atoms with Crippen molar-refractivity contribution in [2.45, 2.75) is 12.6 Å². The van der Waals surface area contributed by atoms with Crippen molar-refractivity contribution in [3.8, 4) is 0 Å². The number of hydrogen-bond donors (Lipinski definition) is 2. The maximum atomic E-state index is 12.9. The van der Waals surface area contributed by atoms with E-state index in [2.05, 4.69) is 10.3 Å². The molecule has 3 nitrogen and oxygen atoms in total. The van der Waals surface area contributed by atoms with Crippen LogP contribution in [0, 0.1) is 0 Å². The van der Waals surface area contributed by atoms with E-state index in [1.54, 1.807) is 0 Å². The monoisotopic (exact) mass is 292 g/mol. The summed E-state index contributed by atoms with van der Waals surface area (Å²) in [6.45, 7) is -0.670. The van der Waals surface area contributed by atoms with Gasteiger partial charge in [0.05, 0.1) is 12.1 Å². The van der Waals surface area contributed by atoms with Crippen LogP contribution in [-0.4, -0.2) is 18.0 Å². The standard InChI is InChI=1S/C12H9F5N2O/c13-10(14)5-18-6-1-2-9-7(3-6)8(12(15,16)17)4-11(20)19-9/h1-4,10,18H,5H2,(H,19,20). The van der Waals surface area contributed by atoms with Gasteiger partial charge in [-0.05, 0) is 18.2 Å². The molecular weight excluding hydrogens is 283 g/mol. The molecular formula is C12H9F5N2O. The second kappa shape index (κ2) is 5.10. The van der Waals surface area contributed by atoms with Gasteiger partial charge in [-0.3, -0.25) is 4.79 Å². The third-order valence-electron chi connectivity index (χ3n) is 2.61. The topological polar surface area (TPSA) is 44.9 Å². The van der Waals surface area contributed by atoms with Crippen molar-refractivity contribution >= 4 is 16.6 Å². The Morgan fingerprint density at radius 2 is 1.90 bits per heavy atom. The van der Waals surface area contributed by atoms with Crippen LogP contribution in [0.5, 0.6) is 0 Å². The van der Waals surface area contributed by atoms with Gasteiger partial charge in [-0.15, -0.1) is 0 Å². The first-order valence-electron chi connectivity index (χ1n) is 5.53. The highest BCUT2D eigenvalue weighted by molar-refractivity contribution is 5.85. The predicted octanol–water partition coefficient (Wildman–Crippen LogP) is 3.22. The molecule has 0 saturated carbocycles. The molecule has 2 rings (SSSR count). The number of fused-ring (bicyclic) bond motifs is 1. The maximum Gasteiger partial charge on any atom is 0.417 e. The highest BCUT2D eigenvalue weighted by Crippen LogP contribution is 2.34. The summed E-state index contributed by atoms with van der Waals surface area (Å²) in [7, 11) is 0. The van der Waals surface area contributed by atoms with E-state index in [4.69, 9.17) is 0 Å². The first-order valence-corrected chi connectivity index (χ1v) is 5.53. The lowest BCUT2D eigenvalue weighted by molar-refractivity contribution is -0.136. The van der Waals surface area contributed by atoms with E-state index >= 15 is 0 Å². The molecule has 0 unspecified atom stereocenters. The van der Waals surface area contributed by atoms with Gasteiger partial charge < -0.3 is 10.3 Å². The zero-order valence-electron chi connectivity index (χ0n) is 9.89. The molecule has 0 atom stereocenters. The molecule has 0 spiro atoms. The molecule has 2 aromatic rings. The molecule has 0 bridgehead atoms. The van der Waals surface area contributed by atoms with Crippen LogP contribution in [-0.2, 0) is 6.18 Å². The minimum atomic E-state index is -4.70. The number of nitrogens with one attached hydrogen (secondary N) is 2. The lowest BCUT2D eigenvalue weighted by atomic mass is 10.1. The molecule has 0 saturated heterocycles. The van der Waals surface area contributed by atoms with E-state index in [9.17, 15) is 26.7 Å². The highest BCUT2D eigenvalue weighted by atomic mass is 19.4. The van der Waals surface area contributed by atoms with E-state index in [0.29, 0.717) is 6.07 Å². The molecule has 108 valence electrons. The second-order valence-corrected chi connectivity index (χ2v) is 4.08. The fraction of sp³-hybridized carbons (Fsp3) is 0.250. The summed E-state index contributed by atoms with van der Waals surface area (Å²) < 4.78 is 62.7. The SMILES string of the molecule is O=c1cc(C(F)(F)F)c2cc(NCC(F)F)ccc2[nH]1. The molecule has 0 aliphatic carbocycles. The second-order valence-electron chi connectivity index (χ2n) is 4.08. The van der Waals surface area contributed by atoms with Crippen LogP contribution < -0.4 is 10.9 Å². The number of hydrogen-bond acceptors (Lipinski definition) is 2. The summed E-state index contributed by atoms with van der Waals surface area (Å²) >= 11 is 0. The third kappa shape index (κ3) is 3.06. The Hall–Kier alpha value is -2.12. The van der Waals surface area contributed by atoms with Crippen molar-refractivity contribution in [1.82, 2.24) is 4.98 Å². The Morgan fingerprint density at radius 3 is 2.50 bits per heavy atom. The van der Waals surface area contributed by atoms with Gasteiger partial charge in [0.25, 0.3) is 6.43 Å². The Balaban J connectivity index is 2.55. The fourth-order valence-electron chi connectivity index (χ4n) is 1.79. The van der Waals surface area contributed by atoms with Gasteiger partial charge in [0.1, 0.15) is 0 Å². The molecule has 1 aromatic carbocycles. The minimum absolute atomic E-state index is 0.00702. The van der Waals surface area contributed by atoms with Gasteiger partial charge >= 0.3 is 6.18 Å². The van der Waals surface area contributed by atoms with Gasteiger partial charge in [-0.1, -0.05) is 0 Å². The molecule has 2 N–H and O–H groups in total. The summed E-state index contributed by atoms with van der Waals surface area (Å²) in [6.07, 6.45) is -7.32. The van der Waals surface area contributed by atoms with E-state index in [1.807, 2.05) is 0 Å². The van der Waals surface area contributed by atoms with Gasteiger partial charge in [-0.2, -0.15) is 13.2 Å². The molecule has 0 aliphatic heterocycles. The summed E-state index contributed by atoms with van der Waals surface area (Å²) in [5.74, 6) is 0. The lowest BCUT2D eigenvalue weighted by Crippen LogP contribution is -2.14. The van der Waals surface area contributed by atoms with Crippen molar-refractivity contribution in [2.75, 3.05) is 11.9 Å². The number of pyridine rings is 1. The van der Waals surface area contributed by atoms with Crippen molar-refractivity contribution in [3.05, 3.63) is 40.2 Å². The summed E-state index contributed by atoms with van der Waals surface area (Å²) in [5, 5.41) is 2.07. The van der Waals surface area contributed by atoms with Crippen LogP contribution >= 0.6 is 0 Å². The number of alkyl halides is 5. The average Bonchev–Trinajstić information content (AvgIpc) is 2.34. The lowest BCUT2D eigenvalue weighted by Gasteiger charge is -2.12. The van der Waals surface area contributed by atoms with E-state index < -0.39 is 30.3 Å². The Kier molecular flexibility index (Phi) is 3.65. The largest absolute Gasteiger partial charge is 0.417 e. The van der Waals surface area contributed by atoms with Crippen LogP contribution in [0.25, 0.3) is 10.9 Å². The molecule has 1 heterocycles. The highest BCUT2D eigenvalue weighted by Gasteiger charge is 2.33.